The van der Waals surface area contributed by atoms with Crippen LogP contribution in [0.4, 0.5) is 5.69 Å². The minimum absolute atomic E-state index is 0.405. The SMILES string of the molecule is CC(C)C1c2ccccc2CC(CC2c3ccccc3CNc3ccccc32)Cc2ccccc21. The van der Waals surface area contributed by atoms with Crippen molar-refractivity contribution >= 4 is 5.69 Å². The molecule has 0 radical (unpaired) electrons. The van der Waals surface area contributed by atoms with Gasteiger partial charge in [0.2, 0.25) is 0 Å². The van der Waals surface area contributed by atoms with E-state index in [1.165, 1.54) is 33.5 Å². The average Bonchev–Trinajstić information content (AvgIpc) is 3.02. The van der Waals surface area contributed by atoms with Crippen LogP contribution >= 0.6 is 0 Å². The number of hydrogen-bond donors (Lipinski definition) is 1. The largest absolute Gasteiger partial charge is 0.381 e. The summed E-state index contributed by atoms with van der Waals surface area (Å²) in [6, 6.07) is 36.5. The summed E-state index contributed by atoms with van der Waals surface area (Å²) >= 11 is 0. The molecule has 4 aromatic carbocycles. The van der Waals surface area contributed by atoms with Crippen LogP contribution in [0.2, 0.25) is 0 Å². The number of para-hydroxylation sites is 1. The highest BCUT2D eigenvalue weighted by Gasteiger charge is 2.31. The molecule has 1 aliphatic heterocycles. The molecule has 1 unspecified atom stereocenters. The Bertz CT molecular complexity index is 1240. The first kappa shape index (κ1) is 22.2. The molecule has 1 N–H and O–H groups in total. The third-order valence-corrected chi connectivity index (χ3v) is 8.27. The van der Waals surface area contributed by atoms with Gasteiger partial charge in [0.1, 0.15) is 0 Å². The van der Waals surface area contributed by atoms with E-state index in [-0.39, 0.29) is 0 Å². The highest BCUT2D eigenvalue weighted by atomic mass is 14.9. The lowest BCUT2D eigenvalue weighted by molar-refractivity contribution is 0.437. The Morgan fingerprint density at radius 3 is 1.77 bits per heavy atom. The molecular formula is C34H35N. The van der Waals surface area contributed by atoms with Crippen LogP contribution in [0.15, 0.2) is 97.1 Å². The van der Waals surface area contributed by atoms with Crippen molar-refractivity contribution in [2.24, 2.45) is 11.8 Å². The van der Waals surface area contributed by atoms with Crippen molar-refractivity contribution in [2.75, 3.05) is 5.32 Å². The van der Waals surface area contributed by atoms with Crippen molar-refractivity contribution in [3.63, 3.8) is 0 Å². The summed E-state index contributed by atoms with van der Waals surface area (Å²) in [5.74, 6) is 2.02. The van der Waals surface area contributed by atoms with Gasteiger partial charge in [-0.1, -0.05) is 105 Å². The lowest BCUT2D eigenvalue weighted by Crippen LogP contribution is -2.22. The van der Waals surface area contributed by atoms with Crippen LogP contribution in [0.25, 0.3) is 0 Å². The molecule has 0 saturated carbocycles. The number of fused-ring (bicyclic) bond motifs is 4. The first-order valence-corrected chi connectivity index (χ1v) is 13.2. The molecule has 0 spiro atoms. The lowest BCUT2D eigenvalue weighted by Gasteiger charge is -2.33. The smallest absolute Gasteiger partial charge is 0.0403 e. The molecule has 0 aromatic heterocycles. The molecule has 4 aromatic rings. The Hall–Kier alpha value is -3.32. The van der Waals surface area contributed by atoms with E-state index in [1.54, 1.807) is 11.1 Å². The number of anilines is 1. The molecule has 0 amide bonds. The van der Waals surface area contributed by atoms with Gasteiger partial charge in [0.25, 0.3) is 0 Å². The number of benzene rings is 4. The fourth-order valence-corrected chi connectivity index (χ4v) is 6.74. The van der Waals surface area contributed by atoms with Crippen molar-refractivity contribution in [3.05, 3.63) is 136 Å². The average molecular weight is 458 g/mol. The van der Waals surface area contributed by atoms with Crippen molar-refractivity contribution in [2.45, 2.75) is 51.5 Å². The monoisotopic (exact) mass is 457 g/mol. The molecule has 0 bridgehead atoms. The zero-order chi connectivity index (χ0) is 23.8. The first-order valence-electron chi connectivity index (χ1n) is 13.2. The molecule has 0 fully saturated rings. The first-order chi connectivity index (χ1) is 17.2. The zero-order valence-electron chi connectivity index (χ0n) is 20.9. The normalized spacial score (nSPS) is 20.8. The van der Waals surface area contributed by atoms with E-state index in [4.69, 9.17) is 0 Å². The number of hydrogen-bond acceptors (Lipinski definition) is 1. The quantitative estimate of drug-likeness (QED) is 0.326. The van der Waals surface area contributed by atoms with E-state index in [9.17, 15) is 0 Å². The fraction of sp³-hybridized carbons (Fsp3) is 0.294. The summed E-state index contributed by atoms with van der Waals surface area (Å²) in [5.41, 5.74) is 11.8. The van der Waals surface area contributed by atoms with E-state index < -0.39 is 0 Å². The predicted molar refractivity (Wildman–Crippen MR) is 147 cm³/mol. The fourth-order valence-electron chi connectivity index (χ4n) is 6.74. The molecule has 0 saturated heterocycles. The van der Waals surface area contributed by atoms with Gasteiger partial charge in [-0.3, -0.25) is 0 Å². The van der Waals surface area contributed by atoms with E-state index in [0.29, 0.717) is 23.7 Å². The van der Waals surface area contributed by atoms with E-state index in [1.807, 2.05) is 0 Å². The second-order valence-electron chi connectivity index (χ2n) is 10.8. The minimum atomic E-state index is 0.405. The van der Waals surface area contributed by atoms with Crippen LogP contribution in [0.1, 0.15) is 71.0 Å². The Morgan fingerprint density at radius 2 is 1.14 bits per heavy atom. The predicted octanol–water partition coefficient (Wildman–Crippen LogP) is 8.34. The summed E-state index contributed by atoms with van der Waals surface area (Å²) in [4.78, 5) is 0. The van der Waals surface area contributed by atoms with Crippen LogP contribution in [0.5, 0.6) is 0 Å². The van der Waals surface area contributed by atoms with Crippen molar-refractivity contribution in [3.8, 4) is 0 Å². The molecule has 1 heterocycles. The third-order valence-electron chi connectivity index (χ3n) is 8.27. The molecule has 1 atom stereocenters. The van der Waals surface area contributed by atoms with Gasteiger partial charge in [-0.25, -0.2) is 0 Å². The zero-order valence-corrected chi connectivity index (χ0v) is 20.9. The van der Waals surface area contributed by atoms with E-state index in [2.05, 4.69) is 116 Å². The lowest BCUT2D eigenvalue weighted by atomic mass is 9.71. The van der Waals surface area contributed by atoms with Gasteiger partial charge in [-0.05, 0) is 76.1 Å². The van der Waals surface area contributed by atoms with Crippen LogP contribution in [-0.4, -0.2) is 0 Å². The van der Waals surface area contributed by atoms with Crippen LogP contribution < -0.4 is 5.32 Å². The summed E-state index contributed by atoms with van der Waals surface area (Å²) in [6.07, 6.45) is 3.44. The Labute approximate surface area is 210 Å². The second-order valence-corrected chi connectivity index (χ2v) is 10.8. The highest BCUT2D eigenvalue weighted by molar-refractivity contribution is 5.59. The van der Waals surface area contributed by atoms with E-state index in [0.717, 1.165) is 25.8 Å². The second kappa shape index (κ2) is 9.38. The minimum Gasteiger partial charge on any atom is -0.381 e. The molecular weight excluding hydrogens is 422 g/mol. The van der Waals surface area contributed by atoms with Gasteiger partial charge >= 0.3 is 0 Å². The van der Waals surface area contributed by atoms with Crippen molar-refractivity contribution in [1.29, 1.82) is 0 Å². The van der Waals surface area contributed by atoms with Crippen molar-refractivity contribution in [1.82, 2.24) is 0 Å². The van der Waals surface area contributed by atoms with Crippen LogP contribution in [0.3, 0.4) is 0 Å². The standard InChI is InChI=1S/C34H35N/c1-23(2)34-29-15-7-3-11-25(29)19-24(20-26-12-4-8-16-30(26)34)21-32-28-14-6-5-13-27(28)22-35-33-18-10-9-17-31(32)33/h3-18,23-24,32,34-35H,19-22H2,1-2H3. The van der Waals surface area contributed by atoms with Gasteiger partial charge in [0.15, 0.2) is 0 Å². The van der Waals surface area contributed by atoms with Gasteiger partial charge in [0.05, 0.1) is 0 Å². The Morgan fingerprint density at radius 1 is 0.629 bits per heavy atom. The van der Waals surface area contributed by atoms with Crippen LogP contribution in [0, 0.1) is 11.8 Å². The number of rotatable bonds is 3. The summed E-state index contributed by atoms with van der Waals surface area (Å²) in [6.45, 7) is 5.66. The topological polar surface area (TPSA) is 12.0 Å². The van der Waals surface area contributed by atoms with Gasteiger partial charge in [0, 0.05) is 24.1 Å². The van der Waals surface area contributed by atoms with E-state index >= 15 is 0 Å². The Balaban J connectivity index is 1.45. The van der Waals surface area contributed by atoms with Gasteiger partial charge < -0.3 is 5.32 Å². The molecule has 1 nitrogen and oxygen atoms in total. The van der Waals surface area contributed by atoms with Crippen molar-refractivity contribution < 1.29 is 0 Å². The molecule has 35 heavy (non-hydrogen) atoms. The Kier molecular flexibility index (Phi) is 5.94. The molecule has 2 aliphatic rings. The third kappa shape index (κ3) is 4.18. The highest BCUT2D eigenvalue weighted by Crippen LogP contribution is 2.44. The summed E-state index contributed by atoms with van der Waals surface area (Å²) in [5, 5.41) is 3.72. The molecule has 6 rings (SSSR count). The maximum atomic E-state index is 3.72. The maximum absolute atomic E-state index is 3.72. The van der Waals surface area contributed by atoms with Gasteiger partial charge in [-0.15, -0.1) is 0 Å². The molecule has 1 aliphatic carbocycles. The summed E-state index contributed by atoms with van der Waals surface area (Å²) < 4.78 is 0. The van der Waals surface area contributed by atoms with Gasteiger partial charge in [-0.2, -0.15) is 0 Å². The summed E-state index contributed by atoms with van der Waals surface area (Å²) in [7, 11) is 0. The maximum Gasteiger partial charge on any atom is 0.0403 e. The number of nitrogens with one attached hydrogen (secondary N) is 1. The van der Waals surface area contributed by atoms with Crippen LogP contribution in [-0.2, 0) is 19.4 Å². The molecule has 1 heteroatoms. The molecule has 176 valence electrons.